The highest BCUT2D eigenvalue weighted by Crippen LogP contribution is 2.34. The minimum atomic E-state index is -4.87. The molecule has 0 saturated heterocycles. The van der Waals surface area contributed by atoms with Crippen LogP contribution >= 0.6 is 0 Å². The van der Waals surface area contributed by atoms with Crippen molar-refractivity contribution in [3.05, 3.63) is 29.8 Å². The van der Waals surface area contributed by atoms with E-state index in [9.17, 15) is 26.3 Å². The summed E-state index contributed by atoms with van der Waals surface area (Å²) in [5.41, 5.74) is -1.59. The van der Waals surface area contributed by atoms with Gasteiger partial charge in [-0.1, -0.05) is 12.1 Å². The molecule has 102 valence electrons. The molecule has 0 aliphatic heterocycles. The number of para-hydroxylation sites is 1. The zero-order valence-electron chi connectivity index (χ0n) is 8.81. The van der Waals surface area contributed by atoms with Gasteiger partial charge >= 0.3 is 12.4 Å². The molecule has 0 bridgehead atoms. The standard InChI is InChI=1S/C10H9F6NO/c11-9(12,13)6-3-1-2-4-7(6)17-5-8(18)10(14,15)16/h1-4,8,17-18H,5H2. The second-order valence-electron chi connectivity index (χ2n) is 3.48. The van der Waals surface area contributed by atoms with Crippen LogP contribution in [-0.2, 0) is 6.18 Å². The first-order valence-corrected chi connectivity index (χ1v) is 4.77. The van der Waals surface area contributed by atoms with Crippen molar-refractivity contribution in [3.8, 4) is 0 Å². The number of hydrogen-bond donors (Lipinski definition) is 2. The molecule has 8 heteroatoms. The van der Waals surface area contributed by atoms with Crippen molar-refractivity contribution < 1.29 is 31.4 Å². The minimum Gasteiger partial charge on any atom is -0.382 e. The second kappa shape index (κ2) is 5.05. The topological polar surface area (TPSA) is 32.3 Å². The van der Waals surface area contributed by atoms with Crippen LogP contribution in [0.25, 0.3) is 0 Å². The molecular weight excluding hydrogens is 264 g/mol. The van der Waals surface area contributed by atoms with E-state index < -0.39 is 36.3 Å². The third-order valence-electron chi connectivity index (χ3n) is 2.10. The van der Waals surface area contributed by atoms with Crippen LogP contribution in [0, 0.1) is 0 Å². The molecule has 2 N–H and O–H groups in total. The van der Waals surface area contributed by atoms with Gasteiger partial charge in [-0.2, -0.15) is 26.3 Å². The zero-order chi connectivity index (χ0) is 14.0. The summed E-state index contributed by atoms with van der Waals surface area (Å²) in [4.78, 5) is 0. The fourth-order valence-corrected chi connectivity index (χ4v) is 1.21. The molecule has 0 aliphatic rings. The molecule has 1 unspecified atom stereocenters. The predicted molar refractivity (Wildman–Crippen MR) is 52.0 cm³/mol. The Morgan fingerprint density at radius 2 is 1.61 bits per heavy atom. The van der Waals surface area contributed by atoms with E-state index >= 15 is 0 Å². The van der Waals surface area contributed by atoms with Crippen LogP contribution in [0.3, 0.4) is 0 Å². The van der Waals surface area contributed by atoms with Crippen LogP contribution in [-0.4, -0.2) is 23.9 Å². The van der Waals surface area contributed by atoms with Gasteiger partial charge in [0.15, 0.2) is 6.10 Å². The summed E-state index contributed by atoms with van der Waals surface area (Å²) in [5, 5.41) is 10.6. The van der Waals surface area contributed by atoms with Gasteiger partial charge < -0.3 is 10.4 Å². The van der Waals surface area contributed by atoms with E-state index in [1.807, 2.05) is 5.32 Å². The number of anilines is 1. The van der Waals surface area contributed by atoms with Crippen molar-refractivity contribution in [2.75, 3.05) is 11.9 Å². The number of aliphatic hydroxyl groups excluding tert-OH is 1. The van der Waals surface area contributed by atoms with Crippen LogP contribution in [0.5, 0.6) is 0 Å². The van der Waals surface area contributed by atoms with Gasteiger partial charge in [0, 0.05) is 12.2 Å². The van der Waals surface area contributed by atoms with E-state index in [1.165, 1.54) is 6.07 Å². The minimum absolute atomic E-state index is 0.506. The average Bonchev–Trinajstić information content (AvgIpc) is 2.23. The Balaban J connectivity index is 2.80. The summed E-state index contributed by atoms with van der Waals surface area (Å²) in [5.74, 6) is 0. The Morgan fingerprint density at radius 3 is 2.11 bits per heavy atom. The van der Waals surface area contributed by atoms with E-state index in [1.54, 1.807) is 0 Å². The maximum Gasteiger partial charge on any atom is 0.418 e. The first kappa shape index (κ1) is 14.6. The Kier molecular flexibility index (Phi) is 4.10. The third kappa shape index (κ3) is 3.80. The molecule has 0 spiro atoms. The molecule has 1 aromatic rings. The van der Waals surface area contributed by atoms with Crippen LogP contribution in [0.2, 0.25) is 0 Å². The molecule has 2 nitrogen and oxygen atoms in total. The van der Waals surface area contributed by atoms with Crippen molar-refractivity contribution >= 4 is 5.69 Å². The summed E-state index contributed by atoms with van der Waals surface area (Å²) in [6.07, 6.45) is -12.3. The van der Waals surface area contributed by atoms with Crippen LogP contribution < -0.4 is 5.32 Å². The Labute approximate surface area is 98.2 Å². The molecule has 1 aromatic carbocycles. The maximum absolute atomic E-state index is 12.5. The number of aliphatic hydroxyl groups is 1. The number of nitrogens with one attached hydrogen (secondary N) is 1. The first-order valence-electron chi connectivity index (χ1n) is 4.77. The highest BCUT2D eigenvalue weighted by molar-refractivity contribution is 5.52. The van der Waals surface area contributed by atoms with Crippen molar-refractivity contribution in [1.82, 2.24) is 0 Å². The SMILES string of the molecule is OC(CNc1ccccc1C(F)(F)F)C(F)(F)F. The second-order valence-corrected chi connectivity index (χ2v) is 3.48. The van der Waals surface area contributed by atoms with Crippen molar-refractivity contribution in [1.29, 1.82) is 0 Å². The zero-order valence-corrected chi connectivity index (χ0v) is 8.81. The summed E-state index contributed by atoms with van der Waals surface area (Å²) in [7, 11) is 0. The van der Waals surface area contributed by atoms with E-state index in [-0.39, 0.29) is 0 Å². The molecule has 0 fully saturated rings. The fraction of sp³-hybridized carbons (Fsp3) is 0.400. The molecule has 0 amide bonds. The van der Waals surface area contributed by atoms with Gasteiger partial charge in [-0.3, -0.25) is 0 Å². The van der Waals surface area contributed by atoms with Gasteiger partial charge in [0.2, 0.25) is 0 Å². The molecule has 18 heavy (non-hydrogen) atoms. The predicted octanol–water partition coefficient (Wildman–Crippen LogP) is 3.04. The van der Waals surface area contributed by atoms with Gasteiger partial charge in [0.25, 0.3) is 0 Å². The van der Waals surface area contributed by atoms with Gasteiger partial charge in [-0.15, -0.1) is 0 Å². The Morgan fingerprint density at radius 1 is 1.06 bits per heavy atom. The van der Waals surface area contributed by atoms with E-state index in [0.717, 1.165) is 18.2 Å². The summed E-state index contributed by atoms with van der Waals surface area (Å²) < 4.78 is 73.4. The number of benzene rings is 1. The molecule has 1 rings (SSSR count). The van der Waals surface area contributed by atoms with Gasteiger partial charge in [0.1, 0.15) is 0 Å². The quantitative estimate of drug-likeness (QED) is 0.830. The molecular formula is C10H9F6NO. The normalized spacial score (nSPS) is 14.4. The monoisotopic (exact) mass is 273 g/mol. The van der Waals surface area contributed by atoms with Crippen LogP contribution in [0.4, 0.5) is 32.0 Å². The molecule has 0 heterocycles. The van der Waals surface area contributed by atoms with E-state index in [4.69, 9.17) is 5.11 Å². The summed E-state index contributed by atoms with van der Waals surface area (Å²) in [6, 6.07) is 4.10. The third-order valence-corrected chi connectivity index (χ3v) is 2.10. The fourth-order valence-electron chi connectivity index (χ4n) is 1.21. The summed E-state index contributed by atoms with van der Waals surface area (Å²) >= 11 is 0. The lowest BCUT2D eigenvalue weighted by molar-refractivity contribution is -0.198. The first-order chi connectivity index (χ1) is 8.12. The Bertz CT molecular complexity index is 400. The van der Waals surface area contributed by atoms with E-state index in [2.05, 4.69) is 0 Å². The summed E-state index contributed by atoms with van der Waals surface area (Å²) in [6.45, 7) is -1.05. The molecule has 0 saturated carbocycles. The smallest absolute Gasteiger partial charge is 0.382 e. The van der Waals surface area contributed by atoms with Crippen LogP contribution in [0.15, 0.2) is 24.3 Å². The number of alkyl halides is 6. The molecule has 0 aromatic heterocycles. The van der Waals surface area contributed by atoms with Gasteiger partial charge in [-0.25, -0.2) is 0 Å². The van der Waals surface area contributed by atoms with Crippen molar-refractivity contribution in [2.45, 2.75) is 18.5 Å². The maximum atomic E-state index is 12.5. The molecule has 1 atom stereocenters. The number of halogens is 6. The number of rotatable bonds is 3. The van der Waals surface area contributed by atoms with Gasteiger partial charge in [-0.05, 0) is 12.1 Å². The lowest BCUT2D eigenvalue weighted by Gasteiger charge is -2.18. The molecule has 0 radical (unpaired) electrons. The highest BCUT2D eigenvalue weighted by atomic mass is 19.4. The molecule has 0 aliphatic carbocycles. The van der Waals surface area contributed by atoms with Crippen LogP contribution in [0.1, 0.15) is 5.56 Å². The lowest BCUT2D eigenvalue weighted by atomic mass is 10.1. The van der Waals surface area contributed by atoms with Crippen molar-refractivity contribution in [3.63, 3.8) is 0 Å². The van der Waals surface area contributed by atoms with E-state index in [0.29, 0.717) is 0 Å². The Hall–Kier alpha value is -1.44. The highest BCUT2D eigenvalue weighted by Gasteiger charge is 2.38. The number of hydrogen-bond acceptors (Lipinski definition) is 2. The van der Waals surface area contributed by atoms with Crippen molar-refractivity contribution in [2.24, 2.45) is 0 Å². The average molecular weight is 273 g/mol. The largest absolute Gasteiger partial charge is 0.418 e. The van der Waals surface area contributed by atoms with Gasteiger partial charge in [0.05, 0.1) is 5.56 Å². The lowest BCUT2D eigenvalue weighted by Crippen LogP contribution is -2.35.